The molecule has 8 heteroatoms. The van der Waals surface area contributed by atoms with Gasteiger partial charge in [-0.2, -0.15) is 5.10 Å². The molecule has 0 saturated heterocycles. The summed E-state index contributed by atoms with van der Waals surface area (Å²) >= 11 is 0. The Balaban J connectivity index is 2.16. The molecule has 0 unspecified atom stereocenters. The van der Waals surface area contributed by atoms with E-state index in [2.05, 4.69) is 22.1 Å². The lowest BCUT2D eigenvalue weighted by Crippen LogP contribution is -2.13. The van der Waals surface area contributed by atoms with Crippen LogP contribution < -0.4 is 10.3 Å². The molecular weight excluding hydrogens is 327 g/mol. The summed E-state index contributed by atoms with van der Waals surface area (Å²) in [5.41, 5.74) is 0.835. The van der Waals surface area contributed by atoms with E-state index < -0.39 is 17.5 Å². The van der Waals surface area contributed by atoms with Gasteiger partial charge in [-0.25, -0.2) is 4.39 Å². The normalized spacial score (nSPS) is 10.5. The second-order valence-electron chi connectivity index (χ2n) is 4.95. The zero-order chi connectivity index (χ0) is 18.4. The van der Waals surface area contributed by atoms with Gasteiger partial charge in [0.15, 0.2) is 17.9 Å². The fourth-order valence-corrected chi connectivity index (χ4v) is 1.99. The predicted octanol–water partition coefficient (Wildman–Crippen LogP) is 2.68. The van der Waals surface area contributed by atoms with Crippen molar-refractivity contribution >= 4 is 36.6 Å². The van der Waals surface area contributed by atoms with Crippen molar-refractivity contribution in [3.63, 3.8) is 0 Å². The van der Waals surface area contributed by atoms with E-state index in [1.54, 1.807) is 36.3 Å². The molecule has 7 nitrogen and oxygen atoms in total. The third-order valence-electron chi connectivity index (χ3n) is 3.29. The Morgan fingerprint density at radius 1 is 1.32 bits per heavy atom. The van der Waals surface area contributed by atoms with Crippen LogP contribution in [0.2, 0.25) is 0 Å². The van der Waals surface area contributed by atoms with Crippen molar-refractivity contribution in [2.24, 2.45) is 10.1 Å². The van der Waals surface area contributed by atoms with Gasteiger partial charge in [0, 0.05) is 18.3 Å². The molecule has 0 aliphatic rings. The van der Waals surface area contributed by atoms with Gasteiger partial charge in [0.1, 0.15) is 6.34 Å². The van der Waals surface area contributed by atoms with Crippen LogP contribution in [0.15, 0.2) is 46.5 Å². The molecule has 1 amide bonds. The molecule has 0 aliphatic carbocycles. The number of carbonyl (C=O) groups is 2. The van der Waals surface area contributed by atoms with E-state index in [1.165, 1.54) is 6.34 Å². The third-order valence-corrected chi connectivity index (χ3v) is 3.29. The number of phenolic OH excluding ortho intramolecular Hbond substituents is 1. The van der Waals surface area contributed by atoms with E-state index in [1.807, 2.05) is 0 Å². The van der Waals surface area contributed by atoms with E-state index in [-0.39, 0.29) is 17.4 Å². The minimum Gasteiger partial charge on any atom is -0.504 e. The van der Waals surface area contributed by atoms with Crippen LogP contribution in [0.25, 0.3) is 0 Å². The molecule has 2 aromatic carbocycles. The molecule has 2 N–H and O–H groups in total. The number of hydrogen-bond donors (Lipinski definition) is 2. The third kappa shape index (κ3) is 4.25. The molecule has 0 spiro atoms. The summed E-state index contributed by atoms with van der Waals surface area (Å²) in [6.07, 6.45) is 1.57. The number of hydrazone groups is 1. The van der Waals surface area contributed by atoms with Gasteiger partial charge in [0.2, 0.25) is 0 Å². The van der Waals surface area contributed by atoms with Crippen LogP contribution in [0.3, 0.4) is 0 Å². The zero-order valence-electron chi connectivity index (χ0n) is 13.3. The Morgan fingerprint density at radius 3 is 2.60 bits per heavy atom. The van der Waals surface area contributed by atoms with E-state index in [0.29, 0.717) is 5.69 Å². The van der Waals surface area contributed by atoms with Crippen molar-refractivity contribution in [3.8, 4) is 5.75 Å². The van der Waals surface area contributed by atoms with Crippen molar-refractivity contribution in [1.82, 2.24) is 0 Å². The molecule has 0 atom stereocenters. The van der Waals surface area contributed by atoms with Crippen molar-refractivity contribution in [2.75, 3.05) is 17.4 Å². The Labute approximate surface area is 143 Å². The predicted molar refractivity (Wildman–Crippen MR) is 94.3 cm³/mol. The van der Waals surface area contributed by atoms with Crippen molar-refractivity contribution in [1.29, 1.82) is 0 Å². The molecule has 2 rings (SSSR count). The average Bonchev–Trinajstić information content (AvgIpc) is 2.62. The highest BCUT2D eigenvalue weighted by Crippen LogP contribution is 2.23. The molecule has 2 aromatic rings. The lowest BCUT2D eigenvalue weighted by molar-refractivity contribution is 0.102. The Hall–Kier alpha value is -3.55. The molecule has 0 saturated carbocycles. The van der Waals surface area contributed by atoms with E-state index in [0.717, 1.165) is 17.8 Å². The maximum atomic E-state index is 13.5. The molecule has 0 aromatic heterocycles. The molecule has 0 aliphatic heterocycles. The fourth-order valence-electron chi connectivity index (χ4n) is 1.99. The van der Waals surface area contributed by atoms with Crippen LogP contribution in [0.5, 0.6) is 5.75 Å². The Kier molecular flexibility index (Phi) is 5.57. The number of amides is 1. The number of rotatable bonds is 6. The van der Waals surface area contributed by atoms with Crippen LogP contribution >= 0.6 is 0 Å². The van der Waals surface area contributed by atoms with Crippen LogP contribution in [-0.2, 0) is 0 Å². The maximum Gasteiger partial charge on any atom is 0.255 e. The zero-order valence-corrected chi connectivity index (χ0v) is 13.3. The highest BCUT2D eigenvalue weighted by Gasteiger charge is 2.14. The highest BCUT2D eigenvalue weighted by molar-refractivity contribution is 6.05. The summed E-state index contributed by atoms with van der Waals surface area (Å²) < 4.78 is 13.5. The van der Waals surface area contributed by atoms with Gasteiger partial charge < -0.3 is 10.4 Å². The second-order valence-corrected chi connectivity index (χ2v) is 4.95. The monoisotopic (exact) mass is 342 g/mol. The van der Waals surface area contributed by atoms with Gasteiger partial charge in [-0.15, -0.1) is 0 Å². The summed E-state index contributed by atoms with van der Waals surface area (Å²) in [6.45, 7) is 3.29. The van der Waals surface area contributed by atoms with Gasteiger partial charge in [-0.1, -0.05) is 0 Å². The van der Waals surface area contributed by atoms with E-state index >= 15 is 0 Å². The molecule has 0 fully saturated rings. The number of nitrogens with one attached hydrogen (secondary N) is 1. The van der Waals surface area contributed by atoms with Crippen LogP contribution in [-0.4, -0.2) is 37.4 Å². The first-order valence-corrected chi connectivity index (χ1v) is 7.07. The first-order chi connectivity index (χ1) is 12.0. The van der Waals surface area contributed by atoms with Gasteiger partial charge >= 0.3 is 0 Å². The van der Waals surface area contributed by atoms with Crippen molar-refractivity contribution in [3.05, 3.63) is 53.3 Å². The van der Waals surface area contributed by atoms with Crippen LogP contribution in [0.4, 0.5) is 15.8 Å². The maximum absolute atomic E-state index is 13.5. The molecular formula is C17H15FN4O3. The summed E-state index contributed by atoms with van der Waals surface area (Å²) in [4.78, 5) is 26.5. The first kappa shape index (κ1) is 17.8. The average molecular weight is 342 g/mol. The summed E-state index contributed by atoms with van der Waals surface area (Å²) in [5.74, 6) is -2.44. The number of carbonyl (C=O) groups excluding carboxylic acids is 2. The molecule has 0 heterocycles. The molecule has 128 valence electrons. The molecule has 25 heavy (non-hydrogen) atoms. The van der Waals surface area contributed by atoms with Crippen molar-refractivity contribution < 1.29 is 19.1 Å². The summed E-state index contributed by atoms with van der Waals surface area (Å²) in [5, 5.41) is 17.5. The number of nitrogens with zero attached hydrogens (tertiary/aromatic N) is 3. The number of anilines is 2. The largest absolute Gasteiger partial charge is 0.504 e. The lowest BCUT2D eigenvalue weighted by Gasteiger charge is -2.13. The second kappa shape index (κ2) is 7.82. The number of aliphatic imine (C=N–C) groups is 1. The van der Waals surface area contributed by atoms with E-state index in [4.69, 9.17) is 0 Å². The summed E-state index contributed by atoms with van der Waals surface area (Å²) in [7, 11) is 1.72. The van der Waals surface area contributed by atoms with E-state index in [9.17, 15) is 19.1 Å². The van der Waals surface area contributed by atoms with Gasteiger partial charge in [0.25, 0.3) is 5.91 Å². The fraction of sp³-hybridized carbons (Fsp3) is 0.0588. The molecule has 0 radical (unpaired) electrons. The Bertz CT molecular complexity index is 835. The quantitative estimate of drug-likeness (QED) is 0.365. The van der Waals surface area contributed by atoms with Crippen LogP contribution in [0.1, 0.15) is 20.7 Å². The number of aromatic hydroxyl groups is 1. The van der Waals surface area contributed by atoms with Gasteiger partial charge in [-0.05, 0) is 43.1 Å². The minimum atomic E-state index is -1.04. The van der Waals surface area contributed by atoms with Gasteiger partial charge in [-0.3, -0.25) is 19.6 Å². The number of halogens is 1. The van der Waals surface area contributed by atoms with Crippen molar-refractivity contribution in [2.45, 2.75) is 0 Å². The first-order valence-electron chi connectivity index (χ1n) is 7.07. The summed E-state index contributed by atoms with van der Waals surface area (Å²) in [6, 6.07) is 8.67. The Morgan fingerprint density at radius 2 is 2.00 bits per heavy atom. The van der Waals surface area contributed by atoms with Crippen LogP contribution in [0, 0.1) is 5.82 Å². The molecule has 0 bridgehead atoms. The number of benzene rings is 2. The smallest absolute Gasteiger partial charge is 0.255 e. The number of aldehydes is 1. The minimum absolute atomic E-state index is 0.0831. The lowest BCUT2D eigenvalue weighted by atomic mass is 10.1. The SMILES string of the molecule is C=N/C=N\N(C)c1ccc(NC(=O)c2cc(F)c(O)c(C=O)c2)cc1. The standard InChI is InChI=1S/C17H15FN4O3/c1-19-10-20-22(2)14-5-3-13(4-6-14)21-17(25)11-7-12(9-23)16(24)15(18)8-11/h3-10,24H,1H2,2H3,(H,21,25)/b20-10-. The number of phenols is 1. The van der Waals surface area contributed by atoms with Gasteiger partial charge in [0.05, 0.1) is 11.3 Å². The number of hydrogen-bond acceptors (Lipinski definition) is 5. The highest BCUT2D eigenvalue weighted by atomic mass is 19.1. The topological polar surface area (TPSA) is 94.4 Å².